The van der Waals surface area contributed by atoms with Crippen molar-refractivity contribution in [1.29, 1.82) is 0 Å². The Kier molecular flexibility index (Phi) is 18.8. The number of likely N-dealkylation sites (tertiary alicyclic amines) is 1. The van der Waals surface area contributed by atoms with E-state index in [1.165, 1.54) is 6.42 Å². The predicted molar refractivity (Wildman–Crippen MR) is 168 cm³/mol. The van der Waals surface area contributed by atoms with Gasteiger partial charge in [-0.05, 0) is 84.5 Å². The summed E-state index contributed by atoms with van der Waals surface area (Å²) >= 11 is 0. The summed E-state index contributed by atoms with van der Waals surface area (Å²) in [7, 11) is 2.13. The summed E-state index contributed by atoms with van der Waals surface area (Å²) in [5.74, 6) is 0.473. The molecule has 0 saturated carbocycles. The van der Waals surface area contributed by atoms with Crippen LogP contribution in [0.1, 0.15) is 96.6 Å². The van der Waals surface area contributed by atoms with Crippen molar-refractivity contribution in [2.45, 2.75) is 96.6 Å². The maximum absolute atomic E-state index is 12.1. The van der Waals surface area contributed by atoms with Gasteiger partial charge in [-0.25, -0.2) is 0 Å². The zero-order valence-corrected chi connectivity index (χ0v) is 27.4. The molecule has 11 heteroatoms. The van der Waals surface area contributed by atoms with Crippen LogP contribution in [-0.2, 0) is 33.3 Å². The topological polar surface area (TPSA) is 126 Å². The second-order valence-electron chi connectivity index (χ2n) is 12.2. The van der Waals surface area contributed by atoms with Gasteiger partial charge in [-0.1, -0.05) is 0 Å². The number of hydrogen-bond donors (Lipinski definition) is 1. The molecule has 1 aromatic rings. The molecule has 2 heterocycles. The Bertz CT molecular complexity index is 969. The first kappa shape index (κ1) is 37.6. The van der Waals surface area contributed by atoms with E-state index >= 15 is 0 Å². The number of ketones is 1. The molecule has 1 amide bonds. The maximum atomic E-state index is 12.1. The Morgan fingerprint density at radius 3 is 2.16 bits per heavy atom. The van der Waals surface area contributed by atoms with Gasteiger partial charge in [0.05, 0.1) is 39.2 Å². The van der Waals surface area contributed by atoms with Gasteiger partial charge in [-0.3, -0.25) is 24.3 Å². The molecule has 0 aromatic carbocycles. The van der Waals surface area contributed by atoms with Gasteiger partial charge in [0.2, 0.25) is 5.91 Å². The number of pyridine rings is 1. The van der Waals surface area contributed by atoms with Gasteiger partial charge >= 0.3 is 5.97 Å². The molecule has 1 aromatic heterocycles. The zero-order valence-electron chi connectivity index (χ0n) is 27.4. The van der Waals surface area contributed by atoms with E-state index in [9.17, 15) is 14.4 Å². The average molecular weight is 622 g/mol. The van der Waals surface area contributed by atoms with Crippen LogP contribution in [0.2, 0.25) is 0 Å². The molecule has 1 aliphatic rings. The second-order valence-corrected chi connectivity index (χ2v) is 12.2. The van der Waals surface area contributed by atoms with Crippen LogP contribution in [0, 0.1) is 0 Å². The van der Waals surface area contributed by atoms with E-state index < -0.39 is 5.60 Å². The monoisotopic (exact) mass is 621 g/mol. The highest BCUT2D eigenvalue weighted by Crippen LogP contribution is 2.31. The molecule has 1 N–H and O–H groups in total. The number of rotatable bonds is 24. The number of amides is 1. The van der Waals surface area contributed by atoms with E-state index in [0.29, 0.717) is 77.4 Å². The van der Waals surface area contributed by atoms with Crippen molar-refractivity contribution in [2.24, 2.45) is 0 Å². The van der Waals surface area contributed by atoms with E-state index in [1.54, 1.807) is 6.20 Å². The van der Waals surface area contributed by atoms with Crippen LogP contribution in [0.4, 0.5) is 0 Å². The highest BCUT2D eigenvalue weighted by Gasteiger charge is 2.23. The van der Waals surface area contributed by atoms with Crippen LogP contribution >= 0.6 is 0 Å². The first-order chi connectivity index (χ1) is 21.1. The normalized spacial score (nSPS) is 15.3. The summed E-state index contributed by atoms with van der Waals surface area (Å²) in [5, 5.41) is 2.81. The third-order valence-electron chi connectivity index (χ3n) is 7.04. The van der Waals surface area contributed by atoms with Gasteiger partial charge in [0.25, 0.3) is 0 Å². The van der Waals surface area contributed by atoms with Gasteiger partial charge < -0.3 is 29.0 Å². The average Bonchev–Trinajstić information content (AvgIpc) is 3.41. The van der Waals surface area contributed by atoms with Crippen LogP contribution in [0.3, 0.4) is 0 Å². The predicted octanol–water partition coefficient (Wildman–Crippen LogP) is 4.42. The minimum atomic E-state index is -0.439. The van der Waals surface area contributed by atoms with Crippen molar-refractivity contribution in [3.63, 3.8) is 0 Å². The van der Waals surface area contributed by atoms with Crippen molar-refractivity contribution in [1.82, 2.24) is 15.2 Å². The number of carbonyl (C=O) groups is 3. The van der Waals surface area contributed by atoms with Gasteiger partial charge in [0.1, 0.15) is 23.7 Å². The molecule has 0 unspecified atom stereocenters. The number of aromatic nitrogens is 1. The number of hydrogen-bond acceptors (Lipinski definition) is 10. The Morgan fingerprint density at radius 2 is 1.52 bits per heavy atom. The van der Waals surface area contributed by atoms with Crippen LogP contribution in [-0.4, -0.2) is 99.5 Å². The summed E-state index contributed by atoms with van der Waals surface area (Å²) in [6, 6.07) is 2.41. The van der Waals surface area contributed by atoms with E-state index in [0.717, 1.165) is 44.2 Å². The number of nitrogens with one attached hydrogen (secondary N) is 1. The third kappa shape index (κ3) is 18.3. The molecular formula is C33H55N3O8. The fourth-order valence-electron chi connectivity index (χ4n) is 4.79. The lowest BCUT2D eigenvalue weighted by molar-refractivity contribution is -0.155. The van der Waals surface area contributed by atoms with Crippen LogP contribution in [0.15, 0.2) is 18.5 Å². The van der Waals surface area contributed by atoms with E-state index in [-0.39, 0.29) is 30.5 Å². The number of ether oxygens (including phenoxy) is 5. The first-order valence-electron chi connectivity index (χ1n) is 16.2. The molecule has 0 radical (unpaired) electrons. The smallest absolute Gasteiger partial charge is 0.306 e. The van der Waals surface area contributed by atoms with Crippen molar-refractivity contribution in [3.8, 4) is 5.75 Å². The summed E-state index contributed by atoms with van der Waals surface area (Å²) in [6.07, 6.45) is 10.3. The zero-order chi connectivity index (χ0) is 32.0. The fraction of sp³-hybridized carbons (Fsp3) is 0.758. The first-order valence-corrected chi connectivity index (χ1v) is 16.2. The molecule has 250 valence electrons. The minimum Gasteiger partial charge on any atom is -0.490 e. The molecule has 1 aliphatic heterocycles. The number of nitrogens with zero attached hydrogens (tertiary/aromatic N) is 2. The number of Topliss-reactive ketones (excluding diaryl/α,β-unsaturated/α-hetero) is 1. The highest BCUT2D eigenvalue weighted by molar-refractivity contribution is 5.84. The summed E-state index contributed by atoms with van der Waals surface area (Å²) in [5.41, 5.74) is 0.718. The van der Waals surface area contributed by atoms with Crippen LogP contribution in [0.25, 0.3) is 0 Å². The quantitative estimate of drug-likeness (QED) is 0.131. The Hall–Kier alpha value is -2.60. The Balaban J connectivity index is 1.33. The van der Waals surface area contributed by atoms with Crippen LogP contribution < -0.4 is 10.1 Å². The molecule has 1 fully saturated rings. The molecule has 1 saturated heterocycles. The van der Waals surface area contributed by atoms with E-state index in [4.69, 9.17) is 23.7 Å². The molecule has 0 bridgehead atoms. The van der Waals surface area contributed by atoms with Crippen LogP contribution in [0.5, 0.6) is 5.75 Å². The molecule has 0 spiro atoms. The van der Waals surface area contributed by atoms with E-state index in [1.807, 2.05) is 33.0 Å². The fourth-order valence-corrected chi connectivity index (χ4v) is 4.79. The second kappa shape index (κ2) is 22.0. The third-order valence-corrected chi connectivity index (χ3v) is 7.04. The largest absolute Gasteiger partial charge is 0.490 e. The summed E-state index contributed by atoms with van der Waals surface area (Å²) in [6.45, 7) is 10.6. The Morgan fingerprint density at radius 1 is 0.864 bits per heavy atom. The number of esters is 1. The number of unbranched alkanes of at least 4 members (excludes halogenated alkanes) is 2. The number of carbonyl (C=O) groups excluding carboxylic acids is 3. The highest BCUT2D eigenvalue weighted by atomic mass is 16.6. The molecule has 0 aliphatic carbocycles. The molecule has 2 rings (SSSR count). The summed E-state index contributed by atoms with van der Waals surface area (Å²) in [4.78, 5) is 42.5. The van der Waals surface area contributed by atoms with Crippen molar-refractivity contribution in [3.05, 3.63) is 24.0 Å². The van der Waals surface area contributed by atoms with Gasteiger partial charge in [0, 0.05) is 51.1 Å². The Labute approximate surface area is 263 Å². The lowest BCUT2D eigenvalue weighted by Crippen LogP contribution is -2.28. The van der Waals surface area contributed by atoms with Crippen molar-refractivity contribution < 1.29 is 38.1 Å². The lowest BCUT2D eigenvalue weighted by Gasteiger charge is -2.19. The lowest BCUT2D eigenvalue weighted by atomic mass is 10.1. The SMILES string of the molecule is CN1CCC[C@H]1c1cncc(OCCNC(=O)CCC(=O)CCCCOCCOCCOCCCCC(=O)OC(C)(C)C)c1. The molecule has 44 heavy (non-hydrogen) atoms. The van der Waals surface area contributed by atoms with Gasteiger partial charge in [0.15, 0.2) is 0 Å². The van der Waals surface area contributed by atoms with Crippen molar-refractivity contribution >= 4 is 17.7 Å². The van der Waals surface area contributed by atoms with Gasteiger partial charge in [-0.15, -0.1) is 0 Å². The maximum Gasteiger partial charge on any atom is 0.306 e. The van der Waals surface area contributed by atoms with Crippen molar-refractivity contribution in [2.75, 3.05) is 66.4 Å². The molecule has 1 atom stereocenters. The minimum absolute atomic E-state index is 0.0874. The standard InChI is InChI=1S/C33H55N3O8/c1-33(2,3)44-32(39)12-6-8-18-41-21-23-42-22-20-40-17-7-5-10-28(37)13-14-31(38)35-15-19-43-29-24-27(25-34-26-29)30-11-9-16-36(30)4/h24-26,30H,5-23H2,1-4H3,(H,35,38)/t30-/m0/s1. The van der Waals surface area contributed by atoms with Gasteiger partial charge in [-0.2, -0.15) is 0 Å². The molecular weight excluding hydrogens is 566 g/mol. The van der Waals surface area contributed by atoms with E-state index in [2.05, 4.69) is 22.2 Å². The molecule has 11 nitrogen and oxygen atoms in total. The summed E-state index contributed by atoms with van der Waals surface area (Å²) < 4.78 is 27.6.